The Labute approximate surface area is 125 Å². The largest absolute Gasteiger partial charge is 0.505 e. The van der Waals surface area contributed by atoms with Crippen LogP contribution in [0, 0.1) is 6.92 Å². The van der Waals surface area contributed by atoms with E-state index in [9.17, 15) is 14.2 Å². The lowest BCUT2D eigenvalue weighted by molar-refractivity contribution is 0.188. The van der Waals surface area contributed by atoms with Crippen LogP contribution in [0.4, 0.5) is 0 Å². The van der Waals surface area contributed by atoms with E-state index in [2.05, 4.69) is 14.5 Å². The number of aromatic hydroxyl groups is 1. The summed E-state index contributed by atoms with van der Waals surface area (Å²) in [5.74, 6) is -1.66. The summed E-state index contributed by atoms with van der Waals surface area (Å²) in [5.41, 5.74) is 0.333. The van der Waals surface area contributed by atoms with Gasteiger partial charge in [-0.05, 0) is 13.8 Å². The quantitative estimate of drug-likeness (QED) is 0.363. The molecule has 12 heteroatoms. The molecule has 124 valence electrons. The van der Waals surface area contributed by atoms with Gasteiger partial charge in [0.1, 0.15) is 11.5 Å². The van der Waals surface area contributed by atoms with Gasteiger partial charge in [0.25, 0.3) is 0 Å². The lowest BCUT2D eigenvalue weighted by Crippen LogP contribution is -2.03. The van der Waals surface area contributed by atoms with Gasteiger partial charge in [-0.15, -0.1) is 0 Å². The van der Waals surface area contributed by atoms with Gasteiger partial charge in [-0.2, -0.15) is 0 Å². The first-order valence-corrected chi connectivity index (χ1v) is 9.09. The number of aromatic nitrogens is 1. The molecule has 1 aromatic heterocycles. The van der Waals surface area contributed by atoms with Crippen molar-refractivity contribution in [3.63, 3.8) is 0 Å². The average molecular weight is 354 g/mol. The van der Waals surface area contributed by atoms with Crippen molar-refractivity contribution in [1.29, 1.82) is 0 Å². The highest BCUT2D eigenvalue weighted by Gasteiger charge is 2.23. The summed E-state index contributed by atoms with van der Waals surface area (Å²) in [6, 6.07) is 0. The molecule has 0 amide bonds. The molecule has 0 saturated carbocycles. The summed E-state index contributed by atoms with van der Waals surface area (Å²) in [4.78, 5) is 42.8. The minimum absolute atomic E-state index is 0.0150. The summed E-state index contributed by atoms with van der Waals surface area (Å²) >= 11 is 0. The van der Waals surface area contributed by atoms with Crippen molar-refractivity contribution < 1.29 is 38.3 Å². The molecule has 5 N–H and O–H groups in total. The highest BCUT2D eigenvalue weighted by Crippen LogP contribution is 2.41. The van der Waals surface area contributed by atoms with Gasteiger partial charge in [0.05, 0.1) is 12.3 Å². The van der Waals surface area contributed by atoms with Crippen LogP contribution in [0.15, 0.2) is 11.2 Å². The minimum atomic E-state index is -4.72. The fourth-order valence-electron chi connectivity index (χ4n) is 1.33. The summed E-state index contributed by atoms with van der Waals surface area (Å²) < 4.78 is 26.1. The van der Waals surface area contributed by atoms with Crippen molar-refractivity contribution in [3.05, 3.63) is 23.0 Å². The molecular formula is C10H16N2O8P2. The van der Waals surface area contributed by atoms with Crippen molar-refractivity contribution in [2.24, 2.45) is 4.99 Å². The summed E-state index contributed by atoms with van der Waals surface area (Å²) in [6.45, 7) is 2.11. The maximum Gasteiger partial charge on any atom is 0.469 e. The van der Waals surface area contributed by atoms with E-state index in [1.807, 2.05) is 0 Å². The molecular weight excluding hydrogens is 338 g/mol. The molecule has 0 aliphatic heterocycles. The first-order valence-electron chi connectivity index (χ1n) is 5.87. The number of rotatable bonds is 6. The van der Waals surface area contributed by atoms with Gasteiger partial charge in [-0.3, -0.25) is 19.1 Å². The molecule has 0 fully saturated rings. The third-order valence-corrected chi connectivity index (χ3v) is 4.22. The SMILES string of the molecule is Cc1ncc(COP(=O)(O)O)c(/C=N/C(C)P(=O)(O)O)c1O. The van der Waals surface area contributed by atoms with Crippen LogP contribution < -0.4 is 0 Å². The molecule has 1 atom stereocenters. The van der Waals surface area contributed by atoms with Gasteiger partial charge in [0.15, 0.2) is 0 Å². The second kappa shape index (κ2) is 6.97. The number of pyridine rings is 1. The Hall–Kier alpha value is -1.12. The van der Waals surface area contributed by atoms with Gasteiger partial charge in [-0.25, -0.2) is 4.57 Å². The number of nitrogens with zero attached hydrogens (tertiary/aromatic N) is 2. The lowest BCUT2D eigenvalue weighted by Gasteiger charge is -2.12. The second-order valence-corrected chi connectivity index (χ2v) is 7.56. The van der Waals surface area contributed by atoms with Crippen LogP contribution in [0.1, 0.15) is 23.7 Å². The molecule has 1 rings (SSSR count). The second-order valence-electron chi connectivity index (χ2n) is 4.39. The Morgan fingerprint density at radius 2 is 1.95 bits per heavy atom. The molecule has 0 aliphatic carbocycles. The average Bonchev–Trinajstić information content (AvgIpc) is 2.36. The van der Waals surface area contributed by atoms with Crippen molar-refractivity contribution in [2.75, 3.05) is 0 Å². The third kappa shape index (κ3) is 5.58. The monoisotopic (exact) mass is 354 g/mol. The van der Waals surface area contributed by atoms with Crippen molar-refractivity contribution in [2.45, 2.75) is 26.2 Å². The van der Waals surface area contributed by atoms with Crippen LogP contribution in [0.2, 0.25) is 0 Å². The van der Waals surface area contributed by atoms with Crippen LogP contribution in [-0.4, -0.2) is 41.7 Å². The van der Waals surface area contributed by atoms with E-state index in [1.54, 1.807) is 0 Å². The van der Waals surface area contributed by atoms with E-state index in [-0.39, 0.29) is 22.6 Å². The molecule has 1 aromatic rings. The molecule has 1 unspecified atom stereocenters. The Morgan fingerprint density at radius 3 is 2.45 bits per heavy atom. The lowest BCUT2D eigenvalue weighted by atomic mass is 10.1. The van der Waals surface area contributed by atoms with Crippen LogP contribution in [-0.2, 0) is 20.3 Å². The fraction of sp³-hybridized carbons (Fsp3) is 0.400. The Bertz CT molecular complexity index is 665. The minimum Gasteiger partial charge on any atom is -0.505 e. The van der Waals surface area contributed by atoms with E-state index < -0.39 is 27.8 Å². The maximum atomic E-state index is 11.0. The summed E-state index contributed by atoms with van der Waals surface area (Å²) in [6.07, 6.45) is 2.22. The van der Waals surface area contributed by atoms with Gasteiger partial charge in [0.2, 0.25) is 0 Å². The fourth-order valence-corrected chi connectivity index (χ4v) is 1.88. The van der Waals surface area contributed by atoms with Gasteiger partial charge in [-0.1, -0.05) is 0 Å². The molecule has 1 heterocycles. The van der Waals surface area contributed by atoms with Crippen molar-refractivity contribution in [3.8, 4) is 5.75 Å². The molecule has 0 radical (unpaired) electrons. The van der Waals surface area contributed by atoms with Crippen molar-refractivity contribution in [1.82, 2.24) is 4.98 Å². The number of aliphatic imine (C=N–C) groups is 1. The van der Waals surface area contributed by atoms with Gasteiger partial charge >= 0.3 is 15.4 Å². The zero-order chi connectivity index (χ0) is 17.1. The van der Waals surface area contributed by atoms with Crippen LogP contribution in [0.5, 0.6) is 5.75 Å². The van der Waals surface area contributed by atoms with Crippen LogP contribution in [0.3, 0.4) is 0 Å². The Morgan fingerprint density at radius 1 is 1.36 bits per heavy atom. The number of phosphoric acid groups is 1. The van der Waals surface area contributed by atoms with Gasteiger partial charge in [0, 0.05) is 23.5 Å². The third-order valence-electron chi connectivity index (χ3n) is 2.65. The molecule has 0 saturated heterocycles. The van der Waals surface area contributed by atoms with Gasteiger partial charge < -0.3 is 24.7 Å². The zero-order valence-electron chi connectivity index (χ0n) is 11.7. The normalized spacial score (nSPS) is 14.5. The maximum absolute atomic E-state index is 11.0. The molecule has 0 aromatic carbocycles. The highest BCUT2D eigenvalue weighted by molar-refractivity contribution is 7.52. The first kappa shape index (κ1) is 18.9. The Kier molecular flexibility index (Phi) is 6.00. The van der Waals surface area contributed by atoms with Crippen molar-refractivity contribution >= 4 is 21.6 Å². The molecule has 0 bridgehead atoms. The molecule has 0 aliphatic rings. The van der Waals surface area contributed by atoms with E-state index in [4.69, 9.17) is 19.6 Å². The topological polar surface area (TPSA) is 170 Å². The summed E-state index contributed by atoms with van der Waals surface area (Å²) in [7, 11) is -9.15. The van der Waals surface area contributed by atoms with E-state index in [0.29, 0.717) is 0 Å². The van der Waals surface area contributed by atoms with E-state index in [1.165, 1.54) is 20.0 Å². The molecule has 0 spiro atoms. The smallest absolute Gasteiger partial charge is 0.469 e. The van der Waals surface area contributed by atoms with Crippen LogP contribution >= 0.6 is 15.4 Å². The zero-order valence-corrected chi connectivity index (χ0v) is 13.5. The molecule has 10 nitrogen and oxygen atoms in total. The van der Waals surface area contributed by atoms with E-state index >= 15 is 0 Å². The predicted molar refractivity (Wildman–Crippen MR) is 76.6 cm³/mol. The Balaban J connectivity index is 3.15. The predicted octanol–water partition coefficient (Wildman–Crippen LogP) is 0.648. The molecule has 22 heavy (non-hydrogen) atoms. The highest BCUT2D eigenvalue weighted by atomic mass is 31.2. The number of hydrogen-bond donors (Lipinski definition) is 5. The number of phosphoric ester groups is 1. The van der Waals surface area contributed by atoms with E-state index in [0.717, 1.165) is 6.21 Å². The first-order chi connectivity index (χ1) is 9.92. The number of aryl methyl sites for hydroxylation is 1. The van der Waals surface area contributed by atoms with Crippen LogP contribution in [0.25, 0.3) is 0 Å². The standard InChI is InChI=1S/C10H16N2O8P2/c1-6-10(13)9(4-12-7(2)21(14,15)16)8(3-11-6)5-20-22(17,18)19/h3-4,7,13H,5H2,1-2H3,(H2,14,15,16)(H2,17,18,19)/b12-4+. The summed E-state index contributed by atoms with van der Waals surface area (Å²) in [5, 5.41) is 9.93. The number of hydrogen-bond acceptors (Lipinski definition) is 6.